The average molecular weight is 657 g/mol. The van der Waals surface area contributed by atoms with E-state index in [0.29, 0.717) is 30.0 Å². The van der Waals surface area contributed by atoms with Crippen molar-refractivity contribution in [3.63, 3.8) is 0 Å². The van der Waals surface area contributed by atoms with Gasteiger partial charge in [-0.05, 0) is 134 Å². The quantitative estimate of drug-likeness (QED) is 0.160. The summed E-state index contributed by atoms with van der Waals surface area (Å²) in [7, 11) is -3.73. The first kappa shape index (κ1) is 37.2. The first-order chi connectivity index (χ1) is 20.9. The lowest BCUT2D eigenvalue weighted by Gasteiger charge is -2.52. The molecule has 1 N–H and O–H groups in total. The third-order valence-electron chi connectivity index (χ3n) is 13.7. The second-order valence-electron chi connectivity index (χ2n) is 18.8. The first-order valence-electron chi connectivity index (χ1n) is 19.0. The number of aryl methyl sites for hydroxylation is 1. The molecule has 6 atom stereocenters. The number of aliphatic hydroxyl groups is 1. The van der Waals surface area contributed by atoms with Gasteiger partial charge in [0.15, 0.2) is 8.32 Å². The van der Waals surface area contributed by atoms with Gasteiger partial charge in [0.25, 0.3) is 0 Å². The molecular weight excluding hydrogens is 585 g/mol. The molecule has 0 aromatic heterocycles. The van der Waals surface area contributed by atoms with E-state index >= 15 is 0 Å². The van der Waals surface area contributed by atoms with Gasteiger partial charge in [0, 0.05) is 6.61 Å². The van der Waals surface area contributed by atoms with E-state index in [-0.39, 0.29) is 10.1 Å². The Hall–Kier alpha value is -0.626. The molecule has 0 bridgehead atoms. The molecule has 1 aromatic rings. The van der Waals surface area contributed by atoms with Gasteiger partial charge in [0.2, 0.25) is 8.32 Å². The van der Waals surface area contributed by atoms with E-state index in [1.54, 1.807) is 11.1 Å². The number of unbranched alkanes of at least 4 members (excludes halogenated alkanes) is 7. The summed E-state index contributed by atoms with van der Waals surface area (Å²) >= 11 is 0. The van der Waals surface area contributed by atoms with Crippen LogP contribution in [0.1, 0.15) is 149 Å². The highest BCUT2D eigenvalue weighted by atomic mass is 28.4. The van der Waals surface area contributed by atoms with Crippen LogP contribution < -0.4 is 4.43 Å². The number of hydrogen-bond donors (Lipinski definition) is 1. The van der Waals surface area contributed by atoms with Crippen LogP contribution in [0.25, 0.3) is 0 Å². The standard InChI is InChI=1S/C40H72O3Si2/c1-38(2,3)44(8,9)42-32-22-24-33-30(28-32)21-23-35-34(33)25-26-40(7)36(35)29-31(37(40)43-45(10,11)39(4,5)6)20-18-16-14-12-13-15-17-19-27-41/h22,24,28,31,34-37,41H,12-21,23,25-27,29H2,1-11H3/t31-,34+,35+,36-,37-,40-/m0/s1. The zero-order valence-electron chi connectivity index (χ0n) is 31.5. The maximum absolute atomic E-state index is 9.04. The van der Waals surface area contributed by atoms with Gasteiger partial charge in [-0.3, -0.25) is 0 Å². The van der Waals surface area contributed by atoms with Gasteiger partial charge in [-0.15, -0.1) is 0 Å². The van der Waals surface area contributed by atoms with Crippen LogP contribution in [0.5, 0.6) is 5.75 Å². The van der Waals surface area contributed by atoms with Crippen LogP contribution in [-0.2, 0) is 10.8 Å². The molecule has 0 radical (unpaired) electrons. The van der Waals surface area contributed by atoms with Gasteiger partial charge in [0.05, 0.1) is 6.10 Å². The van der Waals surface area contributed by atoms with Gasteiger partial charge in [-0.25, -0.2) is 0 Å². The lowest BCUT2D eigenvalue weighted by atomic mass is 9.55. The summed E-state index contributed by atoms with van der Waals surface area (Å²) in [5.74, 6) is 4.08. The summed E-state index contributed by atoms with van der Waals surface area (Å²) in [6, 6.07) is 7.20. The van der Waals surface area contributed by atoms with Crippen LogP contribution in [-0.4, -0.2) is 34.5 Å². The average Bonchev–Trinajstić information content (AvgIpc) is 3.21. The maximum atomic E-state index is 9.04. The molecule has 5 heteroatoms. The van der Waals surface area contributed by atoms with Gasteiger partial charge in [-0.1, -0.05) is 99.5 Å². The van der Waals surface area contributed by atoms with E-state index in [0.717, 1.165) is 24.0 Å². The van der Waals surface area contributed by atoms with Crippen molar-refractivity contribution in [3.05, 3.63) is 29.3 Å². The van der Waals surface area contributed by atoms with Crippen LogP contribution in [0.3, 0.4) is 0 Å². The van der Waals surface area contributed by atoms with Crippen molar-refractivity contribution in [3.8, 4) is 5.75 Å². The van der Waals surface area contributed by atoms with Gasteiger partial charge >= 0.3 is 0 Å². The Bertz CT molecular complexity index is 1100. The van der Waals surface area contributed by atoms with Crippen LogP contribution in [0, 0.1) is 23.2 Å². The third-order valence-corrected chi connectivity index (χ3v) is 22.5. The van der Waals surface area contributed by atoms with Crippen molar-refractivity contribution in [1.82, 2.24) is 0 Å². The van der Waals surface area contributed by atoms with Crippen molar-refractivity contribution >= 4 is 16.6 Å². The Balaban J connectivity index is 1.48. The normalized spacial score (nSPS) is 28.8. The number of hydrogen-bond acceptors (Lipinski definition) is 3. The molecule has 2 saturated carbocycles. The molecule has 0 spiro atoms. The van der Waals surface area contributed by atoms with Crippen molar-refractivity contribution in [2.75, 3.05) is 6.61 Å². The number of rotatable bonds is 14. The molecule has 0 aliphatic heterocycles. The topological polar surface area (TPSA) is 38.7 Å². The highest BCUT2D eigenvalue weighted by Crippen LogP contribution is 2.64. The zero-order valence-corrected chi connectivity index (χ0v) is 33.5. The van der Waals surface area contributed by atoms with E-state index in [2.05, 4.69) is 92.9 Å². The minimum atomic E-state index is -1.88. The van der Waals surface area contributed by atoms with Gasteiger partial charge in [0.1, 0.15) is 5.75 Å². The Morgan fingerprint density at radius 1 is 0.822 bits per heavy atom. The Kier molecular flexibility index (Phi) is 12.0. The molecule has 258 valence electrons. The molecule has 0 unspecified atom stereocenters. The van der Waals surface area contributed by atoms with E-state index in [4.69, 9.17) is 14.0 Å². The zero-order chi connectivity index (χ0) is 33.3. The summed E-state index contributed by atoms with van der Waals surface area (Å²) in [4.78, 5) is 0. The molecule has 0 saturated heterocycles. The predicted octanol–water partition coefficient (Wildman–Crippen LogP) is 12.0. The predicted molar refractivity (Wildman–Crippen MR) is 198 cm³/mol. The SMILES string of the molecule is CC(C)(C)[Si](C)(C)Oc1ccc2c(c1)CC[C@@H]1[C@@H]2CC[C@@]2(C)[C@H]1C[C@H](CCCCCCCCCCO)[C@@H]2O[Si](C)(C)C(C)(C)C. The first-order valence-corrected chi connectivity index (χ1v) is 24.8. The fourth-order valence-corrected chi connectivity index (χ4v) is 11.2. The molecule has 3 aliphatic carbocycles. The number of aliphatic hydroxyl groups excluding tert-OH is 1. The second-order valence-corrected chi connectivity index (χ2v) is 28.3. The Morgan fingerprint density at radius 3 is 2.02 bits per heavy atom. The van der Waals surface area contributed by atoms with Gasteiger partial charge in [-0.2, -0.15) is 0 Å². The lowest BCUT2D eigenvalue weighted by Crippen LogP contribution is -2.51. The lowest BCUT2D eigenvalue weighted by molar-refractivity contribution is -0.0264. The van der Waals surface area contributed by atoms with Crippen molar-refractivity contribution in [2.24, 2.45) is 23.2 Å². The van der Waals surface area contributed by atoms with Crippen LogP contribution in [0.4, 0.5) is 0 Å². The maximum Gasteiger partial charge on any atom is 0.250 e. The van der Waals surface area contributed by atoms with Crippen molar-refractivity contribution in [2.45, 2.75) is 187 Å². The number of benzene rings is 1. The molecule has 45 heavy (non-hydrogen) atoms. The molecule has 4 rings (SSSR count). The summed E-state index contributed by atoms with van der Waals surface area (Å²) in [5, 5.41) is 9.49. The minimum Gasteiger partial charge on any atom is -0.543 e. The van der Waals surface area contributed by atoms with Crippen LogP contribution in [0.2, 0.25) is 36.3 Å². The van der Waals surface area contributed by atoms with E-state index in [1.165, 1.54) is 83.5 Å². The van der Waals surface area contributed by atoms with E-state index in [1.807, 2.05) is 0 Å². The molecule has 2 fully saturated rings. The number of fused-ring (bicyclic) bond motifs is 5. The third kappa shape index (κ3) is 8.34. The smallest absolute Gasteiger partial charge is 0.250 e. The monoisotopic (exact) mass is 657 g/mol. The van der Waals surface area contributed by atoms with Gasteiger partial charge < -0.3 is 14.0 Å². The molecule has 0 amide bonds. The molecule has 0 heterocycles. The van der Waals surface area contributed by atoms with Crippen LogP contribution in [0.15, 0.2) is 18.2 Å². The van der Waals surface area contributed by atoms with E-state index in [9.17, 15) is 0 Å². The van der Waals surface area contributed by atoms with E-state index < -0.39 is 16.6 Å². The summed E-state index contributed by atoms with van der Waals surface area (Å²) < 4.78 is 14.3. The molecule has 1 aromatic carbocycles. The van der Waals surface area contributed by atoms with Crippen molar-refractivity contribution < 1.29 is 14.0 Å². The second kappa shape index (κ2) is 14.5. The molecule has 3 aliphatic rings. The summed E-state index contributed by atoms with van der Waals surface area (Å²) in [5.41, 5.74) is 3.51. The fraction of sp³-hybridized carbons (Fsp3) is 0.850. The summed E-state index contributed by atoms with van der Waals surface area (Å²) in [6.07, 6.45) is 18.5. The highest BCUT2D eigenvalue weighted by Gasteiger charge is 2.60. The Morgan fingerprint density at radius 2 is 1.42 bits per heavy atom. The molecule has 3 nitrogen and oxygen atoms in total. The summed E-state index contributed by atoms with van der Waals surface area (Å²) in [6.45, 7) is 27.0. The highest BCUT2D eigenvalue weighted by molar-refractivity contribution is 6.75. The van der Waals surface area contributed by atoms with Crippen molar-refractivity contribution in [1.29, 1.82) is 0 Å². The minimum absolute atomic E-state index is 0.213. The fourth-order valence-electron chi connectivity index (χ4n) is 8.78. The van der Waals surface area contributed by atoms with Crippen LogP contribution >= 0.6 is 0 Å². The Labute approximate surface area is 281 Å². The molecular formula is C40H72O3Si2. The largest absolute Gasteiger partial charge is 0.543 e.